The Morgan fingerprint density at radius 1 is 0.739 bits per heavy atom. The zero-order chi connectivity index (χ0) is 15.5. The van der Waals surface area contributed by atoms with Gasteiger partial charge in [-0.15, -0.1) is 0 Å². The number of hydrogen-bond acceptors (Lipinski definition) is 1. The largest absolute Gasteiger partial charge is 0.367 e. The highest BCUT2D eigenvalue weighted by Gasteiger charge is 2.25. The van der Waals surface area contributed by atoms with Crippen LogP contribution in [0.4, 0.5) is 5.69 Å². The molecular weight excluding hydrogens is 278 g/mol. The Balaban J connectivity index is 1.67. The van der Waals surface area contributed by atoms with Crippen LogP contribution in [0.3, 0.4) is 0 Å². The fourth-order valence-electron chi connectivity index (χ4n) is 3.63. The lowest BCUT2D eigenvalue weighted by Crippen LogP contribution is -2.31. The van der Waals surface area contributed by atoms with Crippen LogP contribution < -0.4 is 4.90 Å². The number of hydrogen-bond donors (Lipinski definition) is 0. The summed E-state index contributed by atoms with van der Waals surface area (Å²) in [5.74, 6) is 0.513. The van der Waals surface area contributed by atoms with Crippen molar-refractivity contribution < 1.29 is 0 Å². The number of rotatable bonds is 3. The highest BCUT2D eigenvalue weighted by Crippen LogP contribution is 2.39. The third-order valence-corrected chi connectivity index (χ3v) is 4.76. The van der Waals surface area contributed by atoms with Crippen molar-refractivity contribution in [1.82, 2.24) is 0 Å². The summed E-state index contributed by atoms with van der Waals surface area (Å²) in [6, 6.07) is 30.6. The predicted octanol–water partition coefficient (Wildman–Crippen LogP) is 5.23. The van der Waals surface area contributed by atoms with Gasteiger partial charge in [0.05, 0.1) is 0 Å². The van der Waals surface area contributed by atoms with E-state index in [0.717, 1.165) is 13.1 Å². The number of benzene rings is 3. The fourth-order valence-corrected chi connectivity index (χ4v) is 3.63. The van der Waals surface area contributed by atoms with Gasteiger partial charge in [0.2, 0.25) is 0 Å². The van der Waals surface area contributed by atoms with E-state index in [1.807, 2.05) is 0 Å². The summed E-state index contributed by atoms with van der Waals surface area (Å²) < 4.78 is 0. The van der Waals surface area contributed by atoms with Crippen molar-refractivity contribution in [2.24, 2.45) is 0 Å². The molecule has 1 aliphatic heterocycles. The minimum Gasteiger partial charge on any atom is -0.367 e. The molecule has 0 aromatic heterocycles. The second kappa shape index (κ2) is 6.29. The van der Waals surface area contributed by atoms with E-state index in [-0.39, 0.29) is 0 Å². The van der Waals surface area contributed by atoms with Gasteiger partial charge in [0.25, 0.3) is 0 Å². The Kier molecular flexibility index (Phi) is 3.85. The molecule has 1 atom stereocenters. The molecule has 0 saturated heterocycles. The number of fused-ring (bicyclic) bond motifs is 1. The molecular formula is C22H21N. The molecule has 114 valence electrons. The minimum absolute atomic E-state index is 0.513. The van der Waals surface area contributed by atoms with Gasteiger partial charge in [-0.2, -0.15) is 0 Å². The van der Waals surface area contributed by atoms with Gasteiger partial charge in [-0.25, -0.2) is 0 Å². The minimum atomic E-state index is 0.513. The van der Waals surface area contributed by atoms with Gasteiger partial charge >= 0.3 is 0 Å². The fraction of sp³-hybridized carbons (Fsp3) is 0.182. The van der Waals surface area contributed by atoms with Crippen LogP contribution in [0, 0.1) is 0 Å². The van der Waals surface area contributed by atoms with E-state index in [2.05, 4.69) is 89.8 Å². The summed E-state index contributed by atoms with van der Waals surface area (Å²) in [4.78, 5) is 2.52. The number of nitrogens with zero attached hydrogens (tertiary/aromatic N) is 1. The van der Waals surface area contributed by atoms with Crippen LogP contribution in [-0.4, -0.2) is 6.54 Å². The topological polar surface area (TPSA) is 3.24 Å². The molecule has 0 amide bonds. The van der Waals surface area contributed by atoms with Crippen molar-refractivity contribution in [3.8, 4) is 0 Å². The van der Waals surface area contributed by atoms with Crippen molar-refractivity contribution in [2.45, 2.75) is 18.9 Å². The molecule has 1 nitrogen and oxygen atoms in total. The molecule has 1 aliphatic rings. The zero-order valence-electron chi connectivity index (χ0n) is 13.2. The van der Waals surface area contributed by atoms with E-state index in [1.54, 1.807) is 0 Å². The van der Waals surface area contributed by atoms with Crippen molar-refractivity contribution in [2.75, 3.05) is 11.4 Å². The lowest BCUT2D eigenvalue weighted by Gasteiger charge is -2.36. The van der Waals surface area contributed by atoms with Crippen LogP contribution in [0.5, 0.6) is 0 Å². The van der Waals surface area contributed by atoms with E-state index in [1.165, 1.54) is 28.8 Å². The van der Waals surface area contributed by atoms with Gasteiger partial charge in [-0.1, -0.05) is 78.9 Å². The quantitative estimate of drug-likeness (QED) is 0.640. The lowest BCUT2D eigenvalue weighted by atomic mass is 9.84. The summed E-state index contributed by atoms with van der Waals surface area (Å²) in [5.41, 5.74) is 5.65. The van der Waals surface area contributed by atoms with Gasteiger partial charge in [-0.05, 0) is 29.2 Å². The second-order valence-corrected chi connectivity index (χ2v) is 6.22. The van der Waals surface area contributed by atoms with Crippen LogP contribution in [0.1, 0.15) is 29.0 Å². The molecule has 0 fully saturated rings. The molecule has 0 bridgehead atoms. The first-order chi connectivity index (χ1) is 11.4. The summed E-state index contributed by atoms with van der Waals surface area (Å²) in [7, 11) is 0. The van der Waals surface area contributed by atoms with E-state index in [0.29, 0.717) is 5.92 Å². The molecule has 1 unspecified atom stereocenters. The van der Waals surface area contributed by atoms with Crippen molar-refractivity contribution >= 4 is 5.69 Å². The van der Waals surface area contributed by atoms with E-state index >= 15 is 0 Å². The van der Waals surface area contributed by atoms with Crippen molar-refractivity contribution in [3.63, 3.8) is 0 Å². The first-order valence-corrected chi connectivity index (χ1v) is 8.34. The van der Waals surface area contributed by atoms with Gasteiger partial charge in [0.15, 0.2) is 0 Å². The summed E-state index contributed by atoms with van der Waals surface area (Å²) in [6.07, 6.45) is 1.17. The molecule has 0 radical (unpaired) electrons. The summed E-state index contributed by atoms with van der Waals surface area (Å²) in [6.45, 7) is 2.09. The van der Waals surface area contributed by atoms with Crippen molar-refractivity contribution in [3.05, 3.63) is 102 Å². The molecule has 23 heavy (non-hydrogen) atoms. The number of para-hydroxylation sites is 1. The van der Waals surface area contributed by atoms with Gasteiger partial charge in [-0.3, -0.25) is 0 Å². The Hall–Kier alpha value is -2.54. The Bertz CT molecular complexity index is 764. The Labute approximate surface area is 138 Å². The van der Waals surface area contributed by atoms with Crippen LogP contribution in [0.2, 0.25) is 0 Å². The molecule has 4 rings (SSSR count). The maximum atomic E-state index is 2.52. The van der Waals surface area contributed by atoms with Gasteiger partial charge in [0.1, 0.15) is 0 Å². The average Bonchev–Trinajstić information content (AvgIpc) is 2.64. The van der Waals surface area contributed by atoms with Crippen LogP contribution >= 0.6 is 0 Å². The van der Waals surface area contributed by atoms with Crippen LogP contribution in [-0.2, 0) is 6.54 Å². The van der Waals surface area contributed by atoms with Gasteiger partial charge < -0.3 is 4.90 Å². The van der Waals surface area contributed by atoms with Crippen LogP contribution in [0.25, 0.3) is 0 Å². The maximum Gasteiger partial charge on any atom is 0.0429 e. The van der Waals surface area contributed by atoms with E-state index < -0.39 is 0 Å². The molecule has 3 aromatic rings. The molecule has 0 saturated carbocycles. The lowest BCUT2D eigenvalue weighted by molar-refractivity contribution is 0.633. The third kappa shape index (κ3) is 2.87. The molecule has 1 heteroatoms. The standard InChI is InChI=1S/C22H21N/c1-3-9-18(10-4-1)17-23-16-15-20(19-11-5-2-6-12-19)21-13-7-8-14-22(21)23/h1-14,20H,15-17H2. The first kappa shape index (κ1) is 14.1. The maximum absolute atomic E-state index is 2.52. The average molecular weight is 299 g/mol. The zero-order valence-corrected chi connectivity index (χ0v) is 13.2. The van der Waals surface area contributed by atoms with E-state index in [9.17, 15) is 0 Å². The van der Waals surface area contributed by atoms with Gasteiger partial charge in [0, 0.05) is 24.7 Å². The molecule has 3 aromatic carbocycles. The summed E-state index contributed by atoms with van der Waals surface area (Å²) >= 11 is 0. The Morgan fingerprint density at radius 2 is 1.39 bits per heavy atom. The van der Waals surface area contributed by atoms with E-state index in [4.69, 9.17) is 0 Å². The van der Waals surface area contributed by atoms with Crippen LogP contribution in [0.15, 0.2) is 84.9 Å². The first-order valence-electron chi connectivity index (χ1n) is 8.34. The summed E-state index contributed by atoms with van der Waals surface area (Å²) in [5, 5.41) is 0. The highest BCUT2D eigenvalue weighted by atomic mass is 15.1. The molecule has 0 aliphatic carbocycles. The molecule has 0 N–H and O–H groups in total. The Morgan fingerprint density at radius 3 is 2.17 bits per heavy atom. The predicted molar refractivity (Wildman–Crippen MR) is 96.8 cm³/mol. The SMILES string of the molecule is c1ccc(CN2CCC(c3ccccc3)c3ccccc32)cc1. The highest BCUT2D eigenvalue weighted by molar-refractivity contribution is 5.59. The normalized spacial score (nSPS) is 16.9. The van der Waals surface area contributed by atoms with Crippen molar-refractivity contribution in [1.29, 1.82) is 0 Å². The molecule has 0 spiro atoms. The smallest absolute Gasteiger partial charge is 0.0429 e. The number of anilines is 1. The second-order valence-electron chi connectivity index (χ2n) is 6.22. The molecule has 1 heterocycles. The monoisotopic (exact) mass is 299 g/mol. The third-order valence-electron chi connectivity index (χ3n) is 4.76.